The highest BCUT2D eigenvalue weighted by Crippen LogP contribution is 2.33. The van der Waals surface area contributed by atoms with Crippen LogP contribution < -0.4 is 9.47 Å². The van der Waals surface area contributed by atoms with Crippen LogP contribution in [0.5, 0.6) is 11.5 Å². The summed E-state index contributed by atoms with van der Waals surface area (Å²) < 4.78 is 11.0. The number of thiazole rings is 1. The average molecular weight is 437 g/mol. The Morgan fingerprint density at radius 1 is 1.00 bits per heavy atom. The average Bonchev–Trinajstić information content (AvgIpc) is 3.36. The van der Waals surface area contributed by atoms with Gasteiger partial charge in [0.1, 0.15) is 10.7 Å². The van der Waals surface area contributed by atoms with Gasteiger partial charge in [-0.2, -0.15) is 0 Å². The maximum Gasteiger partial charge on any atom is 0.231 e. The number of benzene rings is 2. The quantitative estimate of drug-likeness (QED) is 0.453. The third kappa shape index (κ3) is 5.32. The molecule has 0 atom stereocenters. The van der Waals surface area contributed by atoms with Gasteiger partial charge in [0.25, 0.3) is 0 Å². The monoisotopic (exact) mass is 436 g/mol. The maximum atomic E-state index is 11.7. The Morgan fingerprint density at radius 3 is 2.35 bits per heavy atom. The molecular weight excluding hydrogens is 408 g/mol. The van der Waals surface area contributed by atoms with E-state index in [1.54, 1.807) is 6.92 Å². The number of hydrogen-bond donors (Lipinski definition) is 0. The Labute approximate surface area is 187 Å². The van der Waals surface area contributed by atoms with E-state index in [-0.39, 0.29) is 18.0 Å². The van der Waals surface area contributed by atoms with E-state index in [0.29, 0.717) is 12.2 Å². The molecule has 0 saturated carbocycles. The van der Waals surface area contributed by atoms with Crippen LogP contribution >= 0.6 is 11.3 Å². The summed E-state index contributed by atoms with van der Waals surface area (Å²) in [5, 5.41) is 2.78. The maximum absolute atomic E-state index is 11.7. The predicted molar refractivity (Wildman–Crippen MR) is 123 cm³/mol. The molecule has 0 spiro atoms. The molecule has 2 heterocycles. The molecule has 1 aliphatic heterocycles. The second kappa shape index (κ2) is 8.81. The number of carbonyl (C=O) groups is 1. The van der Waals surface area contributed by atoms with Crippen molar-refractivity contribution in [2.45, 2.75) is 52.7 Å². The zero-order chi connectivity index (χ0) is 22.0. The summed E-state index contributed by atoms with van der Waals surface area (Å²) in [6, 6.07) is 14.9. The van der Waals surface area contributed by atoms with Crippen LogP contribution in [0, 0.1) is 0 Å². The first-order valence-electron chi connectivity index (χ1n) is 10.4. The highest BCUT2D eigenvalue weighted by atomic mass is 32.1. The Balaban J connectivity index is 1.54. The molecule has 3 aromatic rings. The van der Waals surface area contributed by atoms with Gasteiger partial charge in [0.15, 0.2) is 17.3 Å². The van der Waals surface area contributed by atoms with Crippen LogP contribution in [0.1, 0.15) is 59.9 Å². The molecule has 6 heteroatoms. The number of hydrogen-bond acceptors (Lipinski definition) is 6. The summed E-state index contributed by atoms with van der Waals surface area (Å²) in [5.74, 6) is 1.58. The Hall–Kier alpha value is -2.70. The van der Waals surface area contributed by atoms with Crippen LogP contribution in [-0.4, -0.2) is 22.5 Å². The lowest BCUT2D eigenvalue weighted by molar-refractivity contribution is 0.101. The minimum Gasteiger partial charge on any atom is -0.454 e. The molecule has 2 aromatic carbocycles. The van der Waals surface area contributed by atoms with Gasteiger partial charge in [-0.05, 0) is 34.2 Å². The standard InChI is InChI=1S/C25H28N2O3S/c1-17(28)21-15-31-24(26-21)14-27(12-18-5-8-20(9-6-18)25(2,3)4)13-19-7-10-22-23(11-19)30-16-29-22/h5-11,15H,12-14,16H2,1-4H3. The number of Topliss-reactive ketones (excluding diaryl/α,β-unsaturated/α-hetero) is 1. The third-order valence-electron chi connectivity index (χ3n) is 5.34. The van der Waals surface area contributed by atoms with Gasteiger partial charge in [0, 0.05) is 25.4 Å². The lowest BCUT2D eigenvalue weighted by Gasteiger charge is -2.23. The molecule has 0 aliphatic carbocycles. The van der Waals surface area contributed by atoms with E-state index >= 15 is 0 Å². The molecule has 5 nitrogen and oxygen atoms in total. The van der Waals surface area contributed by atoms with Crippen molar-refractivity contribution in [3.8, 4) is 11.5 Å². The van der Waals surface area contributed by atoms with Gasteiger partial charge in [0.2, 0.25) is 6.79 Å². The minimum atomic E-state index is 0.00240. The second-order valence-electron chi connectivity index (χ2n) is 8.96. The molecule has 162 valence electrons. The minimum absolute atomic E-state index is 0.00240. The van der Waals surface area contributed by atoms with Crippen molar-refractivity contribution in [2.24, 2.45) is 0 Å². The number of aromatic nitrogens is 1. The largest absolute Gasteiger partial charge is 0.454 e. The number of ketones is 1. The fourth-order valence-electron chi connectivity index (χ4n) is 3.57. The molecule has 0 bridgehead atoms. The number of nitrogens with zero attached hydrogens (tertiary/aromatic N) is 2. The number of rotatable bonds is 7. The highest BCUT2D eigenvalue weighted by Gasteiger charge is 2.17. The van der Waals surface area contributed by atoms with Crippen molar-refractivity contribution in [2.75, 3.05) is 6.79 Å². The van der Waals surface area contributed by atoms with Crippen molar-refractivity contribution >= 4 is 17.1 Å². The third-order valence-corrected chi connectivity index (χ3v) is 6.17. The Morgan fingerprint density at radius 2 is 1.68 bits per heavy atom. The molecule has 0 amide bonds. The molecule has 0 fully saturated rings. The Kier molecular flexibility index (Phi) is 6.12. The van der Waals surface area contributed by atoms with Crippen LogP contribution in [0.2, 0.25) is 0 Å². The van der Waals surface area contributed by atoms with E-state index in [2.05, 4.69) is 61.0 Å². The fraction of sp³-hybridized carbons (Fsp3) is 0.360. The zero-order valence-electron chi connectivity index (χ0n) is 18.5. The first kappa shape index (κ1) is 21.5. The molecule has 4 rings (SSSR count). The Bertz CT molecular complexity index is 1070. The molecule has 0 unspecified atom stereocenters. The molecule has 1 aromatic heterocycles. The SMILES string of the molecule is CC(=O)c1csc(CN(Cc2ccc(C(C)(C)C)cc2)Cc2ccc3c(c2)OCO3)n1. The van der Waals surface area contributed by atoms with Gasteiger partial charge in [-0.25, -0.2) is 4.98 Å². The van der Waals surface area contributed by atoms with E-state index in [0.717, 1.165) is 35.2 Å². The smallest absolute Gasteiger partial charge is 0.231 e. The lowest BCUT2D eigenvalue weighted by Crippen LogP contribution is -2.22. The summed E-state index contributed by atoms with van der Waals surface area (Å²) >= 11 is 1.53. The molecule has 0 radical (unpaired) electrons. The summed E-state index contributed by atoms with van der Waals surface area (Å²) in [7, 11) is 0. The van der Waals surface area contributed by atoms with Gasteiger partial charge < -0.3 is 9.47 Å². The van der Waals surface area contributed by atoms with Crippen LogP contribution in [0.4, 0.5) is 0 Å². The molecule has 31 heavy (non-hydrogen) atoms. The van der Waals surface area contributed by atoms with Crippen molar-refractivity contribution < 1.29 is 14.3 Å². The first-order valence-corrected chi connectivity index (χ1v) is 11.3. The van der Waals surface area contributed by atoms with E-state index in [9.17, 15) is 4.79 Å². The fourth-order valence-corrected chi connectivity index (χ4v) is 4.44. The van der Waals surface area contributed by atoms with Crippen molar-refractivity contribution in [3.63, 3.8) is 0 Å². The molecular formula is C25H28N2O3S. The normalized spacial score (nSPS) is 13.1. The predicted octanol–water partition coefficient (Wildman–Crippen LogP) is 5.57. The van der Waals surface area contributed by atoms with Crippen molar-refractivity contribution in [1.29, 1.82) is 0 Å². The zero-order valence-corrected chi connectivity index (χ0v) is 19.3. The van der Waals surface area contributed by atoms with Crippen LogP contribution in [-0.2, 0) is 25.0 Å². The second-order valence-corrected chi connectivity index (χ2v) is 9.91. The van der Waals surface area contributed by atoms with Crippen molar-refractivity contribution in [3.05, 3.63) is 75.2 Å². The van der Waals surface area contributed by atoms with E-state index in [1.807, 2.05) is 17.5 Å². The van der Waals surface area contributed by atoms with E-state index in [4.69, 9.17) is 9.47 Å². The number of ether oxygens (including phenoxy) is 2. The van der Waals surface area contributed by atoms with Gasteiger partial charge >= 0.3 is 0 Å². The molecule has 0 saturated heterocycles. The van der Waals surface area contributed by atoms with Gasteiger partial charge in [0.05, 0.1) is 6.54 Å². The topological polar surface area (TPSA) is 51.7 Å². The summed E-state index contributed by atoms with van der Waals surface area (Å²) in [6.07, 6.45) is 0. The first-order chi connectivity index (χ1) is 14.8. The number of carbonyl (C=O) groups excluding carboxylic acids is 1. The molecule has 1 aliphatic rings. The number of fused-ring (bicyclic) bond motifs is 1. The summed E-state index contributed by atoms with van der Waals surface area (Å²) in [6.45, 7) is 10.7. The van der Waals surface area contributed by atoms with Crippen LogP contribution in [0.3, 0.4) is 0 Å². The van der Waals surface area contributed by atoms with Crippen molar-refractivity contribution in [1.82, 2.24) is 9.88 Å². The van der Waals surface area contributed by atoms with Gasteiger partial charge in [-0.15, -0.1) is 11.3 Å². The van der Waals surface area contributed by atoms with Crippen LogP contribution in [0.15, 0.2) is 47.8 Å². The van der Waals surface area contributed by atoms with Gasteiger partial charge in [-0.3, -0.25) is 9.69 Å². The highest BCUT2D eigenvalue weighted by molar-refractivity contribution is 7.09. The van der Waals surface area contributed by atoms with E-state index in [1.165, 1.54) is 22.5 Å². The van der Waals surface area contributed by atoms with Gasteiger partial charge in [-0.1, -0.05) is 51.1 Å². The van der Waals surface area contributed by atoms with Crippen LogP contribution in [0.25, 0.3) is 0 Å². The van der Waals surface area contributed by atoms with E-state index < -0.39 is 0 Å². The summed E-state index contributed by atoms with van der Waals surface area (Å²) in [4.78, 5) is 18.5. The molecule has 0 N–H and O–H groups in total. The summed E-state index contributed by atoms with van der Waals surface area (Å²) in [5.41, 5.74) is 4.40. The lowest BCUT2D eigenvalue weighted by atomic mass is 9.87.